The number of amides is 1. The van der Waals surface area contributed by atoms with E-state index in [4.69, 9.17) is 5.11 Å². The van der Waals surface area contributed by atoms with Crippen molar-refractivity contribution in [3.05, 3.63) is 29.8 Å². The van der Waals surface area contributed by atoms with Crippen LogP contribution in [0.15, 0.2) is 24.3 Å². The summed E-state index contributed by atoms with van der Waals surface area (Å²) in [6.45, 7) is -1.28. The Labute approximate surface area is 124 Å². The number of aliphatic carboxylic acids is 1. The van der Waals surface area contributed by atoms with Crippen LogP contribution in [-0.4, -0.2) is 29.8 Å². The first-order chi connectivity index (χ1) is 10.3. The van der Waals surface area contributed by atoms with Gasteiger partial charge in [-0.15, -0.1) is 0 Å². The van der Waals surface area contributed by atoms with Gasteiger partial charge in [0.25, 0.3) is 0 Å². The number of hydrogen-bond acceptors (Lipinski definition) is 3. The summed E-state index contributed by atoms with van der Waals surface area (Å²) in [5.74, 6) is -2.47. The molecule has 0 spiro atoms. The summed E-state index contributed by atoms with van der Waals surface area (Å²) in [6, 6.07) is 5.93. The minimum absolute atomic E-state index is 0.0545. The van der Waals surface area contributed by atoms with Crippen LogP contribution in [0.4, 0.5) is 13.2 Å². The van der Waals surface area contributed by atoms with Crippen LogP contribution >= 0.6 is 0 Å². The predicted octanol–water partition coefficient (Wildman–Crippen LogP) is 1.96. The largest absolute Gasteiger partial charge is 0.484 e. The lowest BCUT2D eigenvalue weighted by Gasteiger charge is -2.10. The minimum atomic E-state index is -4.41. The van der Waals surface area contributed by atoms with E-state index in [-0.39, 0.29) is 18.2 Å². The van der Waals surface area contributed by atoms with Gasteiger partial charge in [-0.05, 0) is 24.1 Å². The highest BCUT2D eigenvalue weighted by Gasteiger charge is 2.48. The Balaban J connectivity index is 1.83. The van der Waals surface area contributed by atoms with Crippen molar-refractivity contribution >= 4 is 11.9 Å². The van der Waals surface area contributed by atoms with Crippen molar-refractivity contribution in [1.82, 2.24) is 5.32 Å². The number of ether oxygens (including phenoxy) is 1. The van der Waals surface area contributed by atoms with Gasteiger partial charge in [0.05, 0.1) is 11.8 Å². The van der Waals surface area contributed by atoms with E-state index in [1.54, 1.807) is 6.07 Å². The van der Waals surface area contributed by atoms with Crippen LogP contribution in [0.25, 0.3) is 0 Å². The Kier molecular flexibility index (Phi) is 4.58. The van der Waals surface area contributed by atoms with Crippen LogP contribution < -0.4 is 10.1 Å². The SMILES string of the molecule is O=C(O)C1CC1C(=O)NCc1cccc(OCC(F)(F)F)c1. The van der Waals surface area contributed by atoms with E-state index in [0.717, 1.165) is 0 Å². The number of benzene rings is 1. The van der Waals surface area contributed by atoms with Crippen LogP contribution in [-0.2, 0) is 16.1 Å². The second-order valence-corrected chi connectivity index (χ2v) is 5.06. The van der Waals surface area contributed by atoms with Crippen LogP contribution in [0, 0.1) is 11.8 Å². The smallest absolute Gasteiger partial charge is 0.422 e. The van der Waals surface area contributed by atoms with Gasteiger partial charge in [0.15, 0.2) is 6.61 Å². The van der Waals surface area contributed by atoms with Crippen molar-refractivity contribution in [3.63, 3.8) is 0 Å². The van der Waals surface area contributed by atoms with Gasteiger partial charge in [-0.2, -0.15) is 13.2 Å². The van der Waals surface area contributed by atoms with Crippen molar-refractivity contribution in [1.29, 1.82) is 0 Å². The van der Waals surface area contributed by atoms with Gasteiger partial charge in [-0.25, -0.2) is 0 Å². The molecule has 2 atom stereocenters. The van der Waals surface area contributed by atoms with Gasteiger partial charge >= 0.3 is 12.1 Å². The Morgan fingerprint density at radius 3 is 2.64 bits per heavy atom. The molecule has 0 aliphatic heterocycles. The molecule has 1 amide bonds. The number of carboxylic acids is 1. The zero-order valence-electron chi connectivity index (χ0n) is 11.4. The lowest BCUT2D eigenvalue weighted by atomic mass is 10.2. The van der Waals surface area contributed by atoms with E-state index in [9.17, 15) is 22.8 Å². The molecule has 1 aromatic rings. The highest BCUT2D eigenvalue weighted by molar-refractivity contribution is 5.89. The van der Waals surface area contributed by atoms with Crippen molar-refractivity contribution in [3.8, 4) is 5.75 Å². The molecule has 1 fully saturated rings. The number of carboxylic acid groups (broad SMARTS) is 1. The lowest BCUT2D eigenvalue weighted by Crippen LogP contribution is -2.26. The molecular weight excluding hydrogens is 303 g/mol. The van der Waals surface area contributed by atoms with Gasteiger partial charge < -0.3 is 15.2 Å². The maximum absolute atomic E-state index is 12.1. The molecule has 0 saturated heterocycles. The minimum Gasteiger partial charge on any atom is -0.484 e. The van der Waals surface area contributed by atoms with Crippen LogP contribution in [0.3, 0.4) is 0 Å². The summed E-state index contributed by atoms with van der Waals surface area (Å²) < 4.78 is 40.8. The topological polar surface area (TPSA) is 75.6 Å². The van der Waals surface area contributed by atoms with Crippen molar-refractivity contribution < 1.29 is 32.6 Å². The molecule has 1 aliphatic carbocycles. The molecule has 22 heavy (non-hydrogen) atoms. The van der Waals surface area contributed by atoms with Gasteiger partial charge in [0.2, 0.25) is 5.91 Å². The molecule has 1 aliphatic rings. The fourth-order valence-electron chi connectivity index (χ4n) is 1.99. The summed E-state index contributed by atoms with van der Waals surface area (Å²) >= 11 is 0. The summed E-state index contributed by atoms with van der Waals surface area (Å²) in [4.78, 5) is 22.3. The van der Waals surface area contributed by atoms with E-state index < -0.39 is 30.6 Å². The Bertz CT molecular complexity index is 573. The first-order valence-electron chi connectivity index (χ1n) is 6.55. The Morgan fingerprint density at radius 2 is 2.05 bits per heavy atom. The number of carbonyl (C=O) groups excluding carboxylic acids is 1. The number of nitrogens with one attached hydrogen (secondary N) is 1. The van der Waals surface area contributed by atoms with E-state index in [2.05, 4.69) is 10.1 Å². The normalized spacial score (nSPS) is 20.3. The maximum atomic E-state index is 12.1. The summed E-state index contributed by atoms with van der Waals surface area (Å²) in [5, 5.41) is 11.3. The van der Waals surface area contributed by atoms with Gasteiger partial charge in [-0.3, -0.25) is 9.59 Å². The molecule has 8 heteroatoms. The average molecular weight is 317 g/mol. The number of hydrogen-bond donors (Lipinski definition) is 2. The summed E-state index contributed by atoms with van der Waals surface area (Å²) in [5.41, 5.74) is 0.570. The number of alkyl halides is 3. The highest BCUT2D eigenvalue weighted by atomic mass is 19.4. The third-order valence-electron chi connectivity index (χ3n) is 3.21. The van der Waals surface area contributed by atoms with Crippen molar-refractivity contribution in [2.24, 2.45) is 11.8 Å². The summed E-state index contributed by atoms with van der Waals surface area (Å²) in [7, 11) is 0. The van der Waals surface area contributed by atoms with Crippen LogP contribution in [0.1, 0.15) is 12.0 Å². The summed E-state index contributed by atoms with van der Waals surface area (Å²) in [6.07, 6.45) is -4.10. The molecule has 0 bridgehead atoms. The van der Waals surface area contributed by atoms with Crippen LogP contribution in [0.2, 0.25) is 0 Å². The molecule has 120 valence electrons. The molecular formula is C14H14F3NO4. The number of halogens is 3. The maximum Gasteiger partial charge on any atom is 0.422 e. The number of rotatable bonds is 6. The van der Waals surface area contributed by atoms with E-state index in [1.165, 1.54) is 18.2 Å². The van der Waals surface area contributed by atoms with Crippen molar-refractivity contribution in [2.45, 2.75) is 19.1 Å². The molecule has 2 unspecified atom stereocenters. The molecule has 0 aromatic heterocycles. The fraction of sp³-hybridized carbons (Fsp3) is 0.429. The third-order valence-corrected chi connectivity index (χ3v) is 3.21. The molecule has 1 saturated carbocycles. The Hall–Kier alpha value is -2.25. The van der Waals surface area contributed by atoms with Crippen LogP contribution in [0.5, 0.6) is 5.75 Å². The molecule has 1 aromatic carbocycles. The molecule has 2 rings (SSSR count). The fourth-order valence-corrected chi connectivity index (χ4v) is 1.99. The predicted molar refractivity (Wildman–Crippen MR) is 69.1 cm³/mol. The van der Waals surface area contributed by atoms with Gasteiger partial charge in [0, 0.05) is 6.54 Å². The third kappa shape index (κ3) is 4.64. The second kappa shape index (κ2) is 6.25. The zero-order valence-corrected chi connectivity index (χ0v) is 11.4. The van der Waals surface area contributed by atoms with E-state index in [1.807, 2.05) is 0 Å². The first kappa shape index (κ1) is 16.1. The highest BCUT2D eigenvalue weighted by Crippen LogP contribution is 2.38. The second-order valence-electron chi connectivity index (χ2n) is 5.06. The lowest BCUT2D eigenvalue weighted by molar-refractivity contribution is -0.153. The van der Waals surface area contributed by atoms with E-state index in [0.29, 0.717) is 12.0 Å². The standard InChI is InChI=1S/C14H14F3NO4/c15-14(16,17)7-22-9-3-1-2-8(4-9)6-18-12(19)10-5-11(10)13(20)21/h1-4,10-11H,5-7H2,(H,18,19)(H,20,21). The van der Waals surface area contributed by atoms with E-state index >= 15 is 0 Å². The van der Waals surface area contributed by atoms with Gasteiger partial charge in [0.1, 0.15) is 5.75 Å². The molecule has 5 nitrogen and oxygen atoms in total. The Morgan fingerprint density at radius 1 is 1.32 bits per heavy atom. The molecule has 0 radical (unpaired) electrons. The average Bonchev–Trinajstić information content (AvgIpc) is 3.23. The number of carbonyl (C=O) groups is 2. The first-order valence-corrected chi connectivity index (χ1v) is 6.55. The molecule has 2 N–H and O–H groups in total. The zero-order chi connectivity index (χ0) is 16.3. The van der Waals surface area contributed by atoms with Gasteiger partial charge in [-0.1, -0.05) is 12.1 Å². The quantitative estimate of drug-likeness (QED) is 0.841. The monoisotopic (exact) mass is 317 g/mol. The molecule has 0 heterocycles. The van der Waals surface area contributed by atoms with Crippen molar-refractivity contribution in [2.75, 3.05) is 6.61 Å².